The fourth-order valence-electron chi connectivity index (χ4n) is 2.15. The first-order valence-electron chi connectivity index (χ1n) is 5.99. The SMILES string of the molecule is COC(=O)c1cn(CC2Cc3ccccc3O2)nn1. The van der Waals surface area contributed by atoms with Crippen molar-refractivity contribution in [3.05, 3.63) is 41.7 Å². The molecule has 3 rings (SSSR count). The van der Waals surface area contributed by atoms with Crippen molar-refractivity contribution in [2.24, 2.45) is 0 Å². The molecule has 0 N–H and O–H groups in total. The molecule has 1 aliphatic rings. The van der Waals surface area contributed by atoms with E-state index in [0.29, 0.717) is 6.54 Å². The lowest BCUT2D eigenvalue weighted by atomic mass is 10.1. The van der Waals surface area contributed by atoms with Crippen molar-refractivity contribution < 1.29 is 14.3 Å². The van der Waals surface area contributed by atoms with Crippen LogP contribution in [0.15, 0.2) is 30.5 Å². The van der Waals surface area contributed by atoms with E-state index in [1.54, 1.807) is 10.9 Å². The van der Waals surface area contributed by atoms with E-state index in [-0.39, 0.29) is 11.8 Å². The van der Waals surface area contributed by atoms with Crippen LogP contribution in [0, 0.1) is 0 Å². The summed E-state index contributed by atoms with van der Waals surface area (Å²) in [6, 6.07) is 7.95. The van der Waals surface area contributed by atoms with E-state index in [9.17, 15) is 4.79 Å². The Morgan fingerprint density at radius 1 is 1.53 bits per heavy atom. The number of hydrogen-bond acceptors (Lipinski definition) is 5. The monoisotopic (exact) mass is 259 g/mol. The average Bonchev–Trinajstić information content (AvgIpc) is 3.04. The predicted octanol–water partition coefficient (Wildman–Crippen LogP) is 1.07. The Hall–Kier alpha value is -2.37. The maximum Gasteiger partial charge on any atom is 0.360 e. The van der Waals surface area contributed by atoms with Crippen LogP contribution in [0.2, 0.25) is 0 Å². The number of nitrogens with zero attached hydrogens (tertiary/aromatic N) is 3. The van der Waals surface area contributed by atoms with Crippen molar-refractivity contribution in [3.8, 4) is 5.75 Å². The second-order valence-corrected chi connectivity index (χ2v) is 4.37. The zero-order valence-electron chi connectivity index (χ0n) is 10.4. The number of carbonyl (C=O) groups is 1. The minimum atomic E-state index is -0.484. The zero-order chi connectivity index (χ0) is 13.2. The van der Waals surface area contributed by atoms with E-state index in [1.165, 1.54) is 12.7 Å². The van der Waals surface area contributed by atoms with Crippen LogP contribution in [-0.2, 0) is 17.7 Å². The van der Waals surface area contributed by atoms with Crippen molar-refractivity contribution in [3.63, 3.8) is 0 Å². The van der Waals surface area contributed by atoms with Gasteiger partial charge < -0.3 is 9.47 Å². The standard InChI is InChI=1S/C13H13N3O3/c1-18-13(17)11-8-16(15-14-11)7-10-6-9-4-2-3-5-12(9)19-10/h2-5,8,10H,6-7H2,1H3. The lowest BCUT2D eigenvalue weighted by Crippen LogP contribution is -2.21. The molecule has 0 aliphatic carbocycles. The van der Waals surface area contributed by atoms with Crippen molar-refractivity contribution in [1.29, 1.82) is 0 Å². The number of esters is 1. The molecule has 19 heavy (non-hydrogen) atoms. The van der Waals surface area contributed by atoms with Crippen LogP contribution in [0.3, 0.4) is 0 Å². The highest BCUT2D eigenvalue weighted by molar-refractivity contribution is 5.86. The number of benzene rings is 1. The molecule has 0 amide bonds. The third-order valence-electron chi connectivity index (χ3n) is 3.04. The maximum atomic E-state index is 11.3. The molecule has 0 radical (unpaired) electrons. The number of ether oxygens (including phenoxy) is 2. The maximum absolute atomic E-state index is 11.3. The summed E-state index contributed by atoms with van der Waals surface area (Å²) < 4.78 is 12.0. The Morgan fingerprint density at radius 3 is 3.16 bits per heavy atom. The molecule has 6 heteroatoms. The van der Waals surface area contributed by atoms with Gasteiger partial charge in [0.15, 0.2) is 5.69 Å². The van der Waals surface area contributed by atoms with E-state index < -0.39 is 5.97 Å². The van der Waals surface area contributed by atoms with Crippen LogP contribution in [0.25, 0.3) is 0 Å². The van der Waals surface area contributed by atoms with Gasteiger partial charge in [-0.25, -0.2) is 9.48 Å². The van der Waals surface area contributed by atoms with Crippen LogP contribution in [0.1, 0.15) is 16.1 Å². The smallest absolute Gasteiger partial charge is 0.360 e. The molecule has 98 valence electrons. The van der Waals surface area contributed by atoms with Crippen molar-refractivity contribution in [1.82, 2.24) is 15.0 Å². The van der Waals surface area contributed by atoms with Gasteiger partial charge >= 0.3 is 5.97 Å². The van der Waals surface area contributed by atoms with Gasteiger partial charge in [-0.2, -0.15) is 0 Å². The molecule has 0 saturated heterocycles. The summed E-state index contributed by atoms with van der Waals surface area (Å²) in [5.74, 6) is 0.433. The summed E-state index contributed by atoms with van der Waals surface area (Å²) >= 11 is 0. The largest absolute Gasteiger partial charge is 0.488 e. The van der Waals surface area contributed by atoms with E-state index in [2.05, 4.69) is 21.1 Å². The lowest BCUT2D eigenvalue weighted by Gasteiger charge is -2.09. The van der Waals surface area contributed by atoms with E-state index in [1.807, 2.05) is 18.2 Å². The molecule has 2 aromatic rings. The third kappa shape index (κ3) is 2.29. The van der Waals surface area contributed by atoms with Crippen LogP contribution in [0.5, 0.6) is 5.75 Å². The second-order valence-electron chi connectivity index (χ2n) is 4.37. The molecule has 2 heterocycles. The summed E-state index contributed by atoms with van der Waals surface area (Å²) in [6.07, 6.45) is 2.42. The molecule has 1 atom stereocenters. The zero-order valence-corrected chi connectivity index (χ0v) is 10.4. The van der Waals surface area contributed by atoms with Gasteiger partial charge in [0, 0.05) is 6.42 Å². The van der Waals surface area contributed by atoms with E-state index in [4.69, 9.17) is 4.74 Å². The third-order valence-corrected chi connectivity index (χ3v) is 3.04. The second kappa shape index (κ2) is 4.72. The van der Waals surface area contributed by atoms with Crippen LogP contribution < -0.4 is 4.74 Å². The van der Waals surface area contributed by atoms with E-state index >= 15 is 0 Å². The minimum absolute atomic E-state index is 0.0181. The van der Waals surface area contributed by atoms with Crippen LogP contribution in [0.4, 0.5) is 0 Å². The fourth-order valence-corrected chi connectivity index (χ4v) is 2.15. The first-order chi connectivity index (χ1) is 9.26. The van der Waals surface area contributed by atoms with Gasteiger partial charge in [-0.05, 0) is 11.6 Å². The molecule has 0 saturated carbocycles. The van der Waals surface area contributed by atoms with Gasteiger partial charge in [-0.15, -0.1) is 5.10 Å². The van der Waals surface area contributed by atoms with Gasteiger partial charge in [-0.1, -0.05) is 23.4 Å². The van der Waals surface area contributed by atoms with Crippen molar-refractivity contribution in [2.75, 3.05) is 7.11 Å². The molecule has 0 bridgehead atoms. The number of methoxy groups -OCH3 is 1. The average molecular weight is 259 g/mol. The number of aromatic nitrogens is 3. The summed E-state index contributed by atoms with van der Waals surface area (Å²) in [6.45, 7) is 0.554. The highest BCUT2D eigenvalue weighted by Gasteiger charge is 2.23. The Labute approximate surface area is 109 Å². The van der Waals surface area contributed by atoms with Crippen LogP contribution in [-0.4, -0.2) is 34.2 Å². The highest BCUT2D eigenvalue weighted by atomic mass is 16.5. The van der Waals surface area contributed by atoms with Crippen molar-refractivity contribution >= 4 is 5.97 Å². The lowest BCUT2D eigenvalue weighted by molar-refractivity contribution is 0.0594. The quantitative estimate of drug-likeness (QED) is 0.771. The van der Waals surface area contributed by atoms with Gasteiger partial charge in [0.2, 0.25) is 0 Å². The predicted molar refractivity (Wildman–Crippen MR) is 65.9 cm³/mol. The van der Waals surface area contributed by atoms with E-state index in [0.717, 1.165) is 12.2 Å². The Bertz CT molecular complexity index is 584. The highest BCUT2D eigenvalue weighted by Crippen LogP contribution is 2.28. The normalized spacial score (nSPS) is 16.8. The number of carbonyl (C=O) groups excluding carboxylic acids is 1. The number of fused-ring (bicyclic) bond motifs is 1. The molecule has 0 fully saturated rings. The molecule has 0 spiro atoms. The topological polar surface area (TPSA) is 66.2 Å². The van der Waals surface area contributed by atoms with Crippen LogP contribution >= 0.6 is 0 Å². The molecule has 1 aromatic heterocycles. The number of rotatable bonds is 3. The van der Waals surface area contributed by atoms with Crippen molar-refractivity contribution in [2.45, 2.75) is 19.1 Å². The summed E-state index contributed by atoms with van der Waals surface area (Å²) in [5.41, 5.74) is 1.40. The van der Waals surface area contributed by atoms with Gasteiger partial charge in [0.05, 0.1) is 19.9 Å². The fraction of sp³-hybridized carbons (Fsp3) is 0.308. The molecule has 6 nitrogen and oxygen atoms in total. The molecule has 1 unspecified atom stereocenters. The minimum Gasteiger partial charge on any atom is -0.488 e. The summed E-state index contributed by atoms with van der Waals surface area (Å²) in [4.78, 5) is 11.3. The first kappa shape index (κ1) is 11.7. The first-order valence-corrected chi connectivity index (χ1v) is 5.99. The summed E-state index contributed by atoms with van der Waals surface area (Å²) in [5, 5.41) is 7.66. The summed E-state index contributed by atoms with van der Waals surface area (Å²) in [7, 11) is 1.32. The molecule has 1 aliphatic heterocycles. The number of hydrogen-bond donors (Lipinski definition) is 0. The van der Waals surface area contributed by atoms with Gasteiger partial charge in [0.1, 0.15) is 11.9 Å². The van der Waals surface area contributed by atoms with Gasteiger partial charge in [0.25, 0.3) is 0 Å². The molecular formula is C13H13N3O3. The Balaban J connectivity index is 1.68. The Morgan fingerprint density at radius 2 is 2.37 bits per heavy atom. The molecule has 1 aromatic carbocycles. The van der Waals surface area contributed by atoms with Gasteiger partial charge in [-0.3, -0.25) is 0 Å². The number of para-hydroxylation sites is 1. The molecular weight excluding hydrogens is 246 g/mol. The Kier molecular flexibility index (Phi) is 2.91.